The van der Waals surface area contributed by atoms with Gasteiger partial charge in [0.1, 0.15) is 5.82 Å². The highest BCUT2D eigenvalue weighted by Crippen LogP contribution is 2.24. The maximum absolute atomic E-state index is 13.8. The molecule has 0 aliphatic carbocycles. The van der Waals surface area contributed by atoms with E-state index in [-0.39, 0.29) is 11.6 Å². The van der Waals surface area contributed by atoms with Gasteiger partial charge in [0, 0.05) is 0 Å². The Balaban J connectivity index is 2.03. The molecule has 100 valence electrons. The number of hydrogen-bond acceptors (Lipinski definition) is 4. The van der Waals surface area contributed by atoms with E-state index < -0.39 is 0 Å². The second-order valence-corrected chi connectivity index (χ2v) is 4.55. The van der Waals surface area contributed by atoms with E-state index in [9.17, 15) is 4.39 Å². The molecule has 0 aliphatic rings. The van der Waals surface area contributed by atoms with E-state index in [2.05, 4.69) is 15.3 Å². The standard InChI is InChI=1S/C15H13FN4/c1-9-6-7-11(10(16)8-9)19-15-14(17)18-12-4-2-3-5-13(12)20-15/h2-8H,1H3,(H2,17,18)(H,19,20). The van der Waals surface area contributed by atoms with Gasteiger partial charge in [0.25, 0.3) is 0 Å². The van der Waals surface area contributed by atoms with Gasteiger partial charge in [-0.15, -0.1) is 0 Å². The number of nitrogen functional groups attached to an aromatic ring is 1. The Kier molecular flexibility index (Phi) is 2.95. The SMILES string of the molecule is Cc1ccc(Nc2nc3ccccc3nc2N)c(F)c1. The van der Waals surface area contributed by atoms with Crippen LogP contribution in [0.4, 0.5) is 21.7 Å². The van der Waals surface area contributed by atoms with Crippen molar-refractivity contribution in [1.29, 1.82) is 0 Å². The van der Waals surface area contributed by atoms with Crippen LogP contribution in [-0.4, -0.2) is 9.97 Å². The lowest BCUT2D eigenvalue weighted by Crippen LogP contribution is -2.03. The van der Waals surface area contributed by atoms with Crippen molar-refractivity contribution in [2.24, 2.45) is 0 Å². The Morgan fingerprint density at radius 1 is 1.05 bits per heavy atom. The molecule has 0 atom stereocenters. The molecule has 3 rings (SSSR count). The normalized spacial score (nSPS) is 10.7. The highest BCUT2D eigenvalue weighted by molar-refractivity contribution is 5.80. The van der Waals surface area contributed by atoms with E-state index in [0.29, 0.717) is 22.5 Å². The first-order valence-corrected chi connectivity index (χ1v) is 6.19. The fraction of sp³-hybridized carbons (Fsp3) is 0.0667. The maximum atomic E-state index is 13.8. The van der Waals surface area contributed by atoms with Crippen molar-refractivity contribution in [3.63, 3.8) is 0 Å². The van der Waals surface area contributed by atoms with Gasteiger partial charge in [-0.05, 0) is 36.8 Å². The van der Waals surface area contributed by atoms with Gasteiger partial charge in [-0.25, -0.2) is 14.4 Å². The number of anilines is 3. The Bertz CT molecular complexity index is 786. The van der Waals surface area contributed by atoms with Crippen LogP contribution in [0.5, 0.6) is 0 Å². The summed E-state index contributed by atoms with van der Waals surface area (Å²) >= 11 is 0. The Labute approximate surface area is 115 Å². The zero-order chi connectivity index (χ0) is 14.1. The molecule has 0 unspecified atom stereocenters. The first-order chi connectivity index (χ1) is 9.63. The molecule has 1 heterocycles. The molecule has 0 spiro atoms. The van der Waals surface area contributed by atoms with Crippen molar-refractivity contribution in [2.75, 3.05) is 11.1 Å². The van der Waals surface area contributed by atoms with Crippen molar-refractivity contribution in [3.8, 4) is 0 Å². The zero-order valence-electron chi connectivity index (χ0n) is 10.9. The molecule has 3 N–H and O–H groups in total. The number of para-hydroxylation sites is 2. The smallest absolute Gasteiger partial charge is 0.174 e. The topological polar surface area (TPSA) is 63.8 Å². The number of nitrogens with two attached hydrogens (primary N) is 1. The predicted molar refractivity (Wildman–Crippen MR) is 78.4 cm³/mol. The summed E-state index contributed by atoms with van der Waals surface area (Å²) in [6.07, 6.45) is 0. The third kappa shape index (κ3) is 2.25. The van der Waals surface area contributed by atoms with Gasteiger partial charge in [-0.1, -0.05) is 18.2 Å². The van der Waals surface area contributed by atoms with Gasteiger partial charge in [0.2, 0.25) is 0 Å². The van der Waals surface area contributed by atoms with E-state index >= 15 is 0 Å². The van der Waals surface area contributed by atoms with Crippen molar-refractivity contribution in [1.82, 2.24) is 9.97 Å². The predicted octanol–water partition coefficient (Wildman–Crippen LogP) is 3.40. The van der Waals surface area contributed by atoms with Crippen LogP contribution in [0.25, 0.3) is 11.0 Å². The van der Waals surface area contributed by atoms with Gasteiger partial charge in [0.05, 0.1) is 16.7 Å². The molecule has 3 aromatic rings. The van der Waals surface area contributed by atoms with Crippen LogP contribution >= 0.6 is 0 Å². The summed E-state index contributed by atoms with van der Waals surface area (Å²) in [5.41, 5.74) is 8.45. The first-order valence-electron chi connectivity index (χ1n) is 6.19. The van der Waals surface area contributed by atoms with Crippen molar-refractivity contribution < 1.29 is 4.39 Å². The number of nitrogens with zero attached hydrogens (tertiary/aromatic N) is 2. The van der Waals surface area contributed by atoms with Crippen molar-refractivity contribution in [2.45, 2.75) is 6.92 Å². The lowest BCUT2D eigenvalue weighted by molar-refractivity contribution is 0.630. The minimum Gasteiger partial charge on any atom is -0.381 e. The van der Waals surface area contributed by atoms with E-state index in [1.807, 2.05) is 37.3 Å². The molecule has 0 radical (unpaired) electrons. The number of halogens is 1. The van der Waals surface area contributed by atoms with Crippen molar-refractivity contribution in [3.05, 3.63) is 53.8 Å². The second-order valence-electron chi connectivity index (χ2n) is 4.55. The number of benzene rings is 2. The average molecular weight is 268 g/mol. The summed E-state index contributed by atoms with van der Waals surface area (Å²) < 4.78 is 13.8. The minimum atomic E-state index is -0.348. The Hall–Kier alpha value is -2.69. The lowest BCUT2D eigenvalue weighted by Gasteiger charge is -2.10. The van der Waals surface area contributed by atoms with Gasteiger partial charge >= 0.3 is 0 Å². The largest absolute Gasteiger partial charge is 0.381 e. The third-order valence-corrected chi connectivity index (χ3v) is 2.98. The summed E-state index contributed by atoms with van der Waals surface area (Å²) in [5, 5.41) is 2.89. The summed E-state index contributed by atoms with van der Waals surface area (Å²) in [7, 11) is 0. The van der Waals surface area contributed by atoms with Crippen LogP contribution < -0.4 is 11.1 Å². The fourth-order valence-corrected chi connectivity index (χ4v) is 1.95. The van der Waals surface area contributed by atoms with Crippen LogP contribution in [0.15, 0.2) is 42.5 Å². The molecule has 0 saturated carbocycles. The van der Waals surface area contributed by atoms with Gasteiger partial charge < -0.3 is 11.1 Å². The molecule has 5 heteroatoms. The fourth-order valence-electron chi connectivity index (χ4n) is 1.95. The van der Waals surface area contributed by atoms with E-state index in [0.717, 1.165) is 5.56 Å². The van der Waals surface area contributed by atoms with Crippen LogP contribution in [-0.2, 0) is 0 Å². The number of hydrogen-bond donors (Lipinski definition) is 2. The van der Waals surface area contributed by atoms with Crippen LogP contribution in [0.3, 0.4) is 0 Å². The van der Waals surface area contributed by atoms with Crippen molar-refractivity contribution >= 4 is 28.4 Å². The molecule has 20 heavy (non-hydrogen) atoms. The number of nitrogens with one attached hydrogen (secondary N) is 1. The summed E-state index contributed by atoms with van der Waals surface area (Å²) in [6, 6.07) is 12.3. The molecule has 0 amide bonds. The monoisotopic (exact) mass is 268 g/mol. The molecule has 1 aromatic heterocycles. The van der Waals surface area contributed by atoms with Crippen LogP contribution in [0.2, 0.25) is 0 Å². The molecule has 0 aliphatic heterocycles. The minimum absolute atomic E-state index is 0.240. The molecular formula is C15H13FN4. The number of fused-ring (bicyclic) bond motifs is 1. The highest BCUT2D eigenvalue weighted by Gasteiger charge is 2.08. The highest BCUT2D eigenvalue weighted by atomic mass is 19.1. The summed E-state index contributed by atoms with van der Waals surface area (Å²) in [4.78, 5) is 8.62. The van der Waals surface area contributed by atoms with Gasteiger partial charge in [-0.2, -0.15) is 0 Å². The van der Waals surface area contributed by atoms with Gasteiger partial charge in [-0.3, -0.25) is 0 Å². The number of rotatable bonds is 2. The average Bonchev–Trinajstić information content (AvgIpc) is 2.42. The number of aromatic nitrogens is 2. The molecular weight excluding hydrogens is 255 g/mol. The number of aryl methyl sites for hydroxylation is 1. The second kappa shape index (κ2) is 4.77. The van der Waals surface area contributed by atoms with E-state index in [4.69, 9.17) is 5.73 Å². The lowest BCUT2D eigenvalue weighted by atomic mass is 10.2. The summed E-state index contributed by atoms with van der Waals surface area (Å²) in [6.45, 7) is 1.83. The maximum Gasteiger partial charge on any atom is 0.174 e. The molecule has 4 nitrogen and oxygen atoms in total. The third-order valence-electron chi connectivity index (χ3n) is 2.98. The quantitative estimate of drug-likeness (QED) is 0.747. The Morgan fingerprint density at radius 2 is 1.75 bits per heavy atom. The molecule has 0 fully saturated rings. The molecule has 2 aromatic carbocycles. The Morgan fingerprint density at radius 3 is 2.45 bits per heavy atom. The van der Waals surface area contributed by atoms with E-state index in [1.54, 1.807) is 6.07 Å². The molecule has 0 saturated heterocycles. The zero-order valence-corrected chi connectivity index (χ0v) is 10.9. The molecule has 0 bridgehead atoms. The van der Waals surface area contributed by atoms with E-state index in [1.165, 1.54) is 6.07 Å². The first kappa shape index (κ1) is 12.3. The van der Waals surface area contributed by atoms with Crippen LogP contribution in [0.1, 0.15) is 5.56 Å². The van der Waals surface area contributed by atoms with Gasteiger partial charge in [0.15, 0.2) is 11.6 Å². The summed E-state index contributed by atoms with van der Waals surface area (Å²) in [5.74, 6) is 0.245. The van der Waals surface area contributed by atoms with Crippen LogP contribution in [0, 0.1) is 12.7 Å².